The van der Waals surface area contributed by atoms with E-state index in [1.807, 2.05) is 20.8 Å². The van der Waals surface area contributed by atoms with Crippen molar-refractivity contribution in [3.63, 3.8) is 0 Å². The molecule has 1 saturated heterocycles. The second-order valence-corrected chi connectivity index (χ2v) is 6.38. The standard InChI is InChI=1S/C13H23N5O2/c1-12(2,3)20-11(19)18-7-5-6-13(14,9-18)10-8-15-17(4)16-10/h8H,5-7,9,14H2,1-4H3. The van der Waals surface area contributed by atoms with Crippen LogP contribution in [0, 0.1) is 0 Å². The number of nitrogens with two attached hydrogens (primary N) is 1. The monoisotopic (exact) mass is 281 g/mol. The first-order valence-electron chi connectivity index (χ1n) is 6.83. The Labute approximate surface area is 119 Å². The molecule has 2 rings (SSSR count). The third kappa shape index (κ3) is 3.27. The summed E-state index contributed by atoms with van der Waals surface area (Å²) in [5.74, 6) is 0. The average molecular weight is 281 g/mol. The van der Waals surface area contributed by atoms with Crippen molar-refractivity contribution in [2.75, 3.05) is 13.1 Å². The SMILES string of the molecule is Cn1ncc(C2(N)CCCN(C(=O)OC(C)(C)C)C2)n1. The fourth-order valence-corrected chi connectivity index (χ4v) is 2.35. The van der Waals surface area contributed by atoms with Crippen molar-refractivity contribution < 1.29 is 9.53 Å². The number of nitrogens with zero attached hydrogens (tertiary/aromatic N) is 4. The van der Waals surface area contributed by atoms with Crippen molar-refractivity contribution in [2.24, 2.45) is 12.8 Å². The molecule has 20 heavy (non-hydrogen) atoms. The Bertz CT molecular complexity index is 493. The summed E-state index contributed by atoms with van der Waals surface area (Å²) in [5, 5.41) is 8.33. The van der Waals surface area contributed by atoms with Gasteiger partial charge in [0.05, 0.1) is 11.7 Å². The Morgan fingerprint density at radius 2 is 2.20 bits per heavy atom. The Morgan fingerprint density at radius 1 is 1.50 bits per heavy atom. The smallest absolute Gasteiger partial charge is 0.410 e. The highest BCUT2D eigenvalue weighted by atomic mass is 16.6. The Morgan fingerprint density at radius 3 is 2.75 bits per heavy atom. The van der Waals surface area contributed by atoms with Gasteiger partial charge in [0.2, 0.25) is 0 Å². The molecule has 0 aromatic carbocycles. The summed E-state index contributed by atoms with van der Waals surface area (Å²) in [7, 11) is 1.75. The van der Waals surface area contributed by atoms with Gasteiger partial charge in [0.15, 0.2) is 0 Å². The summed E-state index contributed by atoms with van der Waals surface area (Å²) in [6.45, 7) is 6.63. The number of piperidine rings is 1. The van der Waals surface area contributed by atoms with Crippen LogP contribution in [0.3, 0.4) is 0 Å². The van der Waals surface area contributed by atoms with Gasteiger partial charge in [0.25, 0.3) is 0 Å². The molecule has 1 unspecified atom stereocenters. The van der Waals surface area contributed by atoms with Crippen LogP contribution in [0.1, 0.15) is 39.3 Å². The predicted molar refractivity (Wildman–Crippen MR) is 73.9 cm³/mol. The van der Waals surface area contributed by atoms with E-state index in [2.05, 4.69) is 10.2 Å². The molecule has 0 spiro atoms. The van der Waals surface area contributed by atoms with Gasteiger partial charge in [-0.2, -0.15) is 15.0 Å². The van der Waals surface area contributed by atoms with Crippen molar-refractivity contribution in [1.82, 2.24) is 19.9 Å². The molecule has 0 bridgehead atoms. The van der Waals surface area contributed by atoms with Gasteiger partial charge in [-0.15, -0.1) is 0 Å². The van der Waals surface area contributed by atoms with Crippen molar-refractivity contribution in [1.29, 1.82) is 0 Å². The summed E-state index contributed by atoms with van der Waals surface area (Å²) in [6, 6.07) is 0. The molecule has 7 nitrogen and oxygen atoms in total. The molecule has 1 atom stereocenters. The van der Waals surface area contributed by atoms with E-state index in [0.717, 1.165) is 12.8 Å². The van der Waals surface area contributed by atoms with Gasteiger partial charge in [-0.1, -0.05) is 0 Å². The van der Waals surface area contributed by atoms with Crippen LogP contribution in [-0.4, -0.2) is 44.7 Å². The number of hydrogen-bond acceptors (Lipinski definition) is 5. The number of carbonyl (C=O) groups excluding carboxylic acids is 1. The quantitative estimate of drug-likeness (QED) is 0.830. The molecule has 2 heterocycles. The van der Waals surface area contributed by atoms with Gasteiger partial charge in [-0.3, -0.25) is 0 Å². The zero-order valence-electron chi connectivity index (χ0n) is 12.6. The highest BCUT2D eigenvalue weighted by molar-refractivity contribution is 5.68. The first-order chi connectivity index (χ1) is 9.20. The van der Waals surface area contributed by atoms with Crippen LogP contribution in [0.4, 0.5) is 4.79 Å². The number of likely N-dealkylation sites (tertiary alicyclic amines) is 1. The lowest BCUT2D eigenvalue weighted by molar-refractivity contribution is 0.0134. The predicted octanol–water partition coefficient (Wildman–Crippen LogP) is 1.000. The number of ether oxygens (including phenoxy) is 1. The summed E-state index contributed by atoms with van der Waals surface area (Å²) in [5.41, 5.74) is 5.99. The van der Waals surface area contributed by atoms with Crippen molar-refractivity contribution in [3.8, 4) is 0 Å². The van der Waals surface area contributed by atoms with E-state index >= 15 is 0 Å². The maximum Gasteiger partial charge on any atom is 0.410 e. The molecule has 1 aliphatic heterocycles. The fraction of sp³-hybridized carbons (Fsp3) is 0.769. The van der Waals surface area contributed by atoms with E-state index < -0.39 is 11.1 Å². The maximum atomic E-state index is 12.1. The first-order valence-corrected chi connectivity index (χ1v) is 6.83. The third-order valence-electron chi connectivity index (χ3n) is 3.29. The lowest BCUT2D eigenvalue weighted by Gasteiger charge is -2.39. The van der Waals surface area contributed by atoms with Crippen LogP contribution < -0.4 is 5.73 Å². The molecule has 1 fully saturated rings. The first kappa shape index (κ1) is 14.8. The molecule has 0 aliphatic carbocycles. The van der Waals surface area contributed by atoms with Crippen LogP contribution in [-0.2, 0) is 17.3 Å². The minimum atomic E-state index is -0.649. The Balaban J connectivity index is 2.10. The summed E-state index contributed by atoms with van der Waals surface area (Å²) >= 11 is 0. The molecular formula is C13H23N5O2. The van der Waals surface area contributed by atoms with E-state index in [9.17, 15) is 4.79 Å². The summed E-state index contributed by atoms with van der Waals surface area (Å²) in [6.07, 6.45) is 2.95. The number of carbonyl (C=O) groups is 1. The zero-order chi connectivity index (χ0) is 15.0. The van der Waals surface area contributed by atoms with Crippen LogP contribution in [0.2, 0.25) is 0 Å². The Kier molecular flexibility index (Phi) is 3.73. The van der Waals surface area contributed by atoms with Crippen molar-refractivity contribution in [2.45, 2.75) is 44.8 Å². The lowest BCUT2D eigenvalue weighted by Crippen LogP contribution is -2.54. The summed E-state index contributed by atoms with van der Waals surface area (Å²) in [4.78, 5) is 15.3. The van der Waals surface area contributed by atoms with Crippen LogP contribution in [0.5, 0.6) is 0 Å². The molecular weight excluding hydrogens is 258 g/mol. The minimum absolute atomic E-state index is 0.323. The molecule has 1 aliphatic rings. The van der Waals surface area contributed by atoms with Gasteiger partial charge in [0.1, 0.15) is 11.3 Å². The van der Waals surface area contributed by atoms with Crippen LogP contribution in [0.15, 0.2) is 6.20 Å². The van der Waals surface area contributed by atoms with Crippen LogP contribution in [0.25, 0.3) is 0 Å². The fourth-order valence-electron chi connectivity index (χ4n) is 2.35. The molecule has 1 amide bonds. The number of aryl methyl sites for hydroxylation is 1. The molecule has 112 valence electrons. The molecule has 0 radical (unpaired) electrons. The summed E-state index contributed by atoms with van der Waals surface area (Å²) < 4.78 is 5.40. The lowest BCUT2D eigenvalue weighted by atomic mass is 9.87. The molecule has 1 aromatic heterocycles. The number of amides is 1. The van der Waals surface area contributed by atoms with E-state index in [1.165, 1.54) is 4.80 Å². The maximum absolute atomic E-state index is 12.1. The third-order valence-corrected chi connectivity index (χ3v) is 3.29. The van der Waals surface area contributed by atoms with Crippen LogP contribution >= 0.6 is 0 Å². The second kappa shape index (κ2) is 5.05. The topological polar surface area (TPSA) is 86.3 Å². The zero-order valence-corrected chi connectivity index (χ0v) is 12.6. The second-order valence-electron chi connectivity index (χ2n) is 6.38. The largest absolute Gasteiger partial charge is 0.444 e. The van der Waals surface area contributed by atoms with E-state index in [1.54, 1.807) is 18.1 Å². The van der Waals surface area contributed by atoms with E-state index in [4.69, 9.17) is 10.5 Å². The average Bonchev–Trinajstić information content (AvgIpc) is 2.74. The normalized spacial score (nSPS) is 23.8. The number of aromatic nitrogens is 3. The van der Waals surface area contributed by atoms with Gasteiger partial charge in [-0.05, 0) is 33.6 Å². The van der Waals surface area contributed by atoms with Gasteiger partial charge in [-0.25, -0.2) is 4.79 Å². The number of rotatable bonds is 1. The Hall–Kier alpha value is -1.63. The molecule has 1 aromatic rings. The molecule has 0 saturated carbocycles. The minimum Gasteiger partial charge on any atom is -0.444 e. The van der Waals surface area contributed by atoms with Crippen molar-refractivity contribution in [3.05, 3.63) is 11.9 Å². The van der Waals surface area contributed by atoms with Gasteiger partial charge >= 0.3 is 6.09 Å². The van der Waals surface area contributed by atoms with E-state index in [-0.39, 0.29) is 6.09 Å². The van der Waals surface area contributed by atoms with E-state index in [0.29, 0.717) is 18.8 Å². The van der Waals surface area contributed by atoms with Gasteiger partial charge < -0.3 is 15.4 Å². The molecule has 7 heteroatoms. The number of hydrogen-bond donors (Lipinski definition) is 1. The van der Waals surface area contributed by atoms with Crippen molar-refractivity contribution >= 4 is 6.09 Å². The molecule has 2 N–H and O–H groups in total. The van der Waals surface area contributed by atoms with Gasteiger partial charge in [0, 0.05) is 20.1 Å². The highest BCUT2D eigenvalue weighted by Crippen LogP contribution is 2.28. The highest BCUT2D eigenvalue weighted by Gasteiger charge is 2.38.